The maximum absolute atomic E-state index is 6.20. The van der Waals surface area contributed by atoms with E-state index in [1.54, 1.807) is 0 Å². The molecule has 20 heavy (non-hydrogen) atoms. The molecule has 0 radical (unpaired) electrons. The van der Waals surface area contributed by atoms with Crippen molar-refractivity contribution >= 4 is 40.2 Å². The first-order valence-corrected chi connectivity index (χ1v) is 8.06. The summed E-state index contributed by atoms with van der Waals surface area (Å²) in [6.07, 6.45) is 0. The van der Waals surface area contributed by atoms with Gasteiger partial charge in [-0.05, 0) is 26.0 Å². The van der Waals surface area contributed by atoms with Crippen molar-refractivity contribution in [1.29, 1.82) is 0 Å². The average Bonchev–Trinajstić information content (AvgIpc) is 2.77. The lowest BCUT2D eigenvalue weighted by Crippen LogP contribution is -2.08. The first-order valence-electron chi connectivity index (χ1n) is 6.48. The van der Waals surface area contributed by atoms with Crippen molar-refractivity contribution in [1.82, 2.24) is 0 Å². The predicted octanol–water partition coefficient (Wildman–Crippen LogP) is 5.76. The quantitative estimate of drug-likeness (QED) is 0.726. The number of ether oxygens (including phenoxy) is 1. The van der Waals surface area contributed by atoms with Crippen LogP contribution in [0.25, 0.3) is 0 Å². The third-order valence-electron chi connectivity index (χ3n) is 3.00. The Balaban J connectivity index is 2.15. The molecule has 2 nitrogen and oxygen atoms in total. The molecule has 0 fully saturated rings. The van der Waals surface area contributed by atoms with Gasteiger partial charge in [0.25, 0.3) is 0 Å². The van der Waals surface area contributed by atoms with E-state index in [1.165, 1.54) is 11.3 Å². The van der Waals surface area contributed by atoms with Gasteiger partial charge in [-0.1, -0.05) is 41.4 Å². The second-order valence-electron chi connectivity index (χ2n) is 4.44. The van der Waals surface area contributed by atoms with Crippen LogP contribution in [0.5, 0.6) is 0 Å². The summed E-state index contributed by atoms with van der Waals surface area (Å²) in [4.78, 5) is 0. The number of halogens is 2. The molecule has 0 aliphatic carbocycles. The summed E-state index contributed by atoms with van der Waals surface area (Å²) in [7, 11) is 0. The van der Waals surface area contributed by atoms with Gasteiger partial charge >= 0.3 is 0 Å². The number of hydrogen-bond acceptors (Lipinski definition) is 3. The lowest BCUT2D eigenvalue weighted by Gasteiger charge is -2.18. The second-order valence-corrected chi connectivity index (χ2v) is 6.73. The van der Waals surface area contributed by atoms with Crippen molar-refractivity contribution in [3.63, 3.8) is 0 Å². The van der Waals surface area contributed by atoms with E-state index in [0.717, 1.165) is 21.2 Å². The lowest BCUT2D eigenvalue weighted by atomic mass is 10.1. The zero-order valence-electron chi connectivity index (χ0n) is 11.5. The van der Waals surface area contributed by atoms with E-state index in [9.17, 15) is 0 Å². The normalized spacial score (nSPS) is 12.4. The molecule has 0 saturated carbocycles. The molecule has 0 saturated heterocycles. The molecule has 2 rings (SSSR count). The Labute approximate surface area is 133 Å². The Hall–Kier alpha value is -0.740. The fourth-order valence-electron chi connectivity index (χ4n) is 1.96. The van der Waals surface area contributed by atoms with Gasteiger partial charge in [-0.25, -0.2) is 0 Å². The molecule has 2 aromatic rings. The molecule has 108 valence electrons. The smallest absolute Gasteiger partial charge is 0.0996 e. The average molecular weight is 330 g/mol. The van der Waals surface area contributed by atoms with Crippen molar-refractivity contribution in [2.75, 3.05) is 11.9 Å². The molecule has 1 unspecified atom stereocenters. The van der Waals surface area contributed by atoms with E-state index < -0.39 is 0 Å². The van der Waals surface area contributed by atoms with Crippen LogP contribution in [-0.2, 0) is 11.3 Å². The number of nitrogens with one attached hydrogen (secondary N) is 1. The Bertz CT molecular complexity index is 571. The van der Waals surface area contributed by atoms with Gasteiger partial charge in [-0.15, -0.1) is 11.3 Å². The highest BCUT2D eigenvalue weighted by Gasteiger charge is 2.14. The number of hydrogen-bond donors (Lipinski definition) is 1. The summed E-state index contributed by atoms with van der Waals surface area (Å²) in [5, 5.41) is 3.47. The summed E-state index contributed by atoms with van der Waals surface area (Å²) in [6, 6.07) is 10.1. The van der Waals surface area contributed by atoms with Gasteiger partial charge in [0.05, 0.1) is 21.3 Å². The van der Waals surface area contributed by atoms with Gasteiger partial charge in [0.1, 0.15) is 0 Å². The molecule has 5 heteroatoms. The number of anilines is 1. The van der Waals surface area contributed by atoms with Gasteiger partial charge < -0.3 is 10.1 Å². The molecule has 1 atom stereocenters. The van der Waals surface area contributed by atoms with E-state index >= 15 is 0 Å². The van der Waals surface area contributed by atoms with Crippen LogP contribution in [0.1, 0.15) is 31.0 Å². The number of thiophene rings is 1. The monoisotopic (exact) mass is 329 g/mol. The predicted molar refractivity (Wildman–Crippen MR) is 88.1 cm³/mol. The molecule has 0 spiro atoms. The minimum Gasteiger partial charge on any atom is -0.378 e. The summed E-state index contributed by atoms with van der Waals surface area (Å²) in [6.45, 7) is 5.37. The van der Waals surface area contributed by atoms with Crippen molar-refractivity contribution < 1.29 is 4.74 Å². The summed E-state index contributed by atoms with van der Waals surface area (Å²) in [5.41, 5.74) is 3.22. The van der Waals surface area contributed by atoms with Crippen LogP contribution in [0, 0.1) is 0 Å². The fraction of sp³-hybridized carbons (Fsp3) is 0.333. The highest BCUT2D eigenvalue weighted by Crippen LogP contribution is 2.36. The van der Waals surface area contributed by atoms with Crippen molar-refractivity contribution in [3.8, 4) is 0 Å². The summed E-state index contributed by atoms with van der Waals surface area (Å²) >= 11 is 13.6. The zero-order chi connectivity index (χ0) is 14.5. The van der Waals surface area contributed by atoms with Crippen LogP contribution in [0.2, 0.25) is 8.67 Å². The maximum atomic E-state index is 6.20. The number of benzene rings is 1. The lowest BCUT2D eigenvalue weighted by molar-refractivity contribution is 0.134. The fourth-order valence-corrected chi connectivity index (χ4v) is 3.60. The van der Waals surface area contributed by atoms with Crippen LogP contribution in [0.15, 0.2) is 30.3 Å². The number of rotatable bonds is 6. The van der Waals surface area contributed by atoms with Crippen LogP contribution in [0.4, 0.5) is 5.69 Å². The van der Waals surface area contributed by atoms with E-state index in [4.69, 9.17) is 27.9 Å². The minimum absolute atomic E-state index is 0.0917. The molecule has 0 aliphatic rings. The highest BCUT2D eigenvalue weighted by atomic mass is 35.5. The molecule has 1 aromatic carbocycles. The van der Waals surface area contributed by atoms with Gasteiger partial charge in [-0.2, -0.15) is 0 Å². The molecule has 0 aliphatic heterocycles. The zero-order valence-corrected chi connectivity index (χ0v) is 13.8. The Morgan fingerprint density at radius 3 is 2.70 bits per heavy atom. The van der Waals surface area contributed by atoms with E-state index in [1.807, 2.05) is 31.2 Å². The minimum atomic E-state index is 0.0917. The van der Waals surface area contributed by atoms with Gasteiger partial charge in [-0.3, -0.25) is 0 Å². The Morgan fingerprint density at radius 2 is 2.05 bits per heavy atom. The molecule has 1 heterocycles. The first kappa shape index (κ1) is 15.6. The molecule has 0 bridgehead atoms. The van der Waals surface area contributed by atoms with Crippen molar-refractivity contribution in [2.24, 2.45) is 0 Å². The SMILES string of the molecule is CCOCc1ccccc1NC(C)c1cc(Cl)sc1Cl. The largest absolute Gasteiger partial charge is 0.378 e. The number of para-hydroxylation sites is 1. The third-order valence-corrected chi connectivity index (χ3v) is 4.52. The molecule has 0 amide bonds. The first-order chi connectivity index (χ1) is 9.61. The summed E-state index contributed by atoms with van der Waals surface area (Å²) in [5.74, 6) is 0. The highest BCUT2D eigenvalue weighted by molar-refractivity contribution is 7.20. The van der Waals surface area contributed by atoms with Crippen LogP contribution >= 0.6 is 34.5 Å². The molecular weight excluding hydrogens is 313 g/mol. The molecular formula is C15H17Cl2NOS. The van der Waals surface area contributed by atoms with E-state index in [0.29, 0.717) is 17.6 Å². The van der Waals surface area contributed by atoms with Gasteiger partial charge in [0.15, 0.2) is 0 Å². The van der Waals surface area contributed by atoms with E-state index in [-0.39, 0.29) is 6.04 Å². The van der Waals surface area contributed by atoms with Crippen molar-refractivity contribution in [3.05, 3.63) is 50.1 Å². The molecule has 1 aromatic heterocycles. The molecule has 1 N–H and O–H groups in total. The van der Waals surface area contributed by atoms with Crippen LogP contribution in [-0.4, -0.2) is 6.61 Å². The Morgan fingerprint density at radius 1 is 1.30 bits per heavy atom. The maximum Gasteiger partial charge on any atom is 0.0996 e. The Kier molecular flexibility index (Phi) is 5.73. The van der Waals surface area contributed by atoms with Crippen LogP contribution in [0.3, 0.4) is 0 Å². The van der Waals surface area contributed by atoms with E-state index in [2.05, 4.69) is 18.3 Å². The summed E-state index contributed by atoms with van der Waals surface area (Å²) < 4.78 is 6.93. The standard InChI is InChI=1S/C15H17Cl2NOS/c1-3-19-9-11-6-4-5-7-13(11)18-10(2)12-8-14(16)20-15(12)17/h4-8,10,18H,3,9H2,1-2H3. The van der Waals surface area contributed by atoms with Crippen molar-refractivity contribution in [2.45, 2.75) is 26.5 Å². The van der Waals surface area contributed by atoms with Crippen LogP contribution < -0.4 is 5.32 Å². The van der Waals surface area contributed by atoms with Gasteiger partial charge in [0.2, 0.25) is 0 Å². The third kappa shape index (κ3) is 3.89. The second kappa shape index (κ2) is 7.32. The van der Waals surface area contributed by atoms with Gasteiger partial charge in [0, 0.05) is 23.4 Å². The topological polar surface area (TPSA) is 21.3 Å².